The molecule has 0 amide bonds. The third-order valence-corrected chi connectivity index (χ3v) is 7.09. The highest BCUT2D eigenvalue weighted by molar-refractivity contribution is 6.67. The van der Waals surface area contributed by atoms with Crippen molar-refractivity contribution in [2.75, 3.05) is 6.61 Å². The third kappa shape index (κ3) is 2.18. The van der Waals surface area contributed by atoms with Gasteiger partial charge in [-0.3, -0.25) is 18.7 Å². The van der Waals surface area contributed by atoms with Gasteiger partial charge >= 0.3 is 0 Å². The van der Waals surface area contributed by atoms with Crippen molar-refractivity contribution in [3.8, 4) is 0 Å². The molecule has 22 heavy (non-hydrogen) atoms. The summed E-state index contributed by atoms with van der Waals surface area (Å²) in [4.78, 5) is 36.5. The van der Waals surface area contributed by atoms with Crippen molar-refractivity contribution in [2.24, 2.45) is 21.7 Å². The van der Waals surface area contributed by atoms with Gasteiger partial charge in [0, 0.05) is 16.2 Å². The molecule has 0 aliphatic heterocycles. The molecule has 0 saturated heterocycles. The van der Waals surface area contributed by atoms with E-state index >= 15 is 0 Å². The fourth-order valence-electron chi connectivity index (χ4n) is 5.74. The maximum atomic E-state index is 12.2. The molecule has 0 aromatic carbocycles. The molecule has 0 spiro atoms. The van der Waals surface area contributed by atoms with Gasteiger partial charge in [0.1, 0.15) is 0 Å². The number of hydrogen-bond donors (Lipinski definition) is 0. The van der Waals surface area contributed by atoms with Crippen LogP contribution in [-0.4, -0.2) is 22.3 Å². The monoisotopic (exact) mass is 386 g/mol. The Morgan fingerprint density at radius 1 is 0.727 bits per heavy atom. The Hall–Kier alpha value is 0.130. The zero-order valence-electron chi connectivity index (χ0n) is 11.6. The summed E-state index contributed by atoms with van der Waals surface area (Å²) in [6, 6.07) is 0. The lowest BCUT2D eigenvalue weighted by Crippen LogP contribution is -2.66. The minimum Gasteiger partial charge on any atom is -0.281 e. The molecule has 0 unspecified atom stereocenters. The zero-order valence-corrected chi connectivity index (χ0v) is 14.6. The standard InChI is InChI=1S/C14H14Cl4O4/c15-8(19)12-1-11(7-22-18)2-13(4-12,9(16)20)6-14(3-11,5-12)10(17)21/h1-7H2. The molecule has 4 saturated carbocycles. The van der Waals surface area contributed by atoms with Gasteiger partial charge in [0.25, 0.3) is 0 Å². The van der Waals surface area contributed by atoms with E-state index in [0.717, 1.165) is 0 Å². The molecule has 0 heterocycles. The fraction of sp³-hybridized carbons (Fsp3) is 0.786. The van der Waals surface area contributed by atoms with E-state index in [4.69, 9.17) is 51.0 Å². The second-order valence-electron chi connectivity index (χ2n) is 7.48. The summed E-state index contributed by atoms with van der Waals surface area (Å²) in [5.74, 6) is 0. The molecule has 8 heteroatoms. The van der Waals surface area contributed by atoms with Crippen molar-refractivity contribution >= 4 is 62.4 Å². The molecule has 0 aromatic heterocycles. The highest BCUT2D eigenvalue weighted by atomic mass is 35.5. The summed E-state index contributed by atoms with van der Waals surface area (Å²) in [6.45, 7) is 0.123. The first-order valence-electron chi connectivity index (χ1n) is 6.97. The van der Waals surface area contributed by atoms with E-state index in [0.29, 0.717) is 19.3 Å². The molecule has 4 nitrogen and oxygen atoms in total. The van der Waals surface area contributed by atoms with Crippen LogP contribution in [0.5, 0.6) is 0 Å². The molecule has 4 aliphatic rings. The Morgan fingerprint density at radius 3 is 1.27 bits per heavy atom. The topological polar surface area (TPSA) is 60.4 Å². The van der Waals surface area contributed by atoms with Crippen LogP contribution in [0, 0.1) is 21.7 Å². The van der Waals surface area contributed by atoms with E-state index in [-0.39, 0.29) is 25.9 Å². The molecule has 0 atom stereocenters. The first kappa shape index (κ1) is 17.0. The molecule has 0 aromatic rings. The van der Waals surface area contributed by atoms with Crippen molar-refractivity contribution in [2.45, 2.75) is 38.5 Å². The van der Waals surface area contributed by atoms with Crippen LogP contribution in [0.3, 0.4) is 0 Å². The molecular formula is C14H14Cl4O4. The molecule has 4 aliphatic carbocycles. The summed E-state index contributed by atoms with van der Waals surface area (Å²) >= 11 is 23.1. The van der Waals surface area contributed by atoms with Crippen LogP contribution in [0.4, 0.5) is 0 Å². The maximum Gasteiger partial charge on any atom is 0.227 e. The van der Waals surface area contributed by atoms with Crippen molar-refractivity contribution in [1.29, 1.82) is 0 Å². The predicted octanol–water partition coefficient (Wildman–Crippen LogP) is 3.78. The molecular weight excluding hydrogens is 374 g/mol. The normalized spacial score (nSPS) is 45.8. The number of carbonyl (C=O) groups excluding carboxylic acids is 3. The van der Waals surface area contributed by atoms with Crippen molar-refractivity contribution < 1.29 is 18.7 Å². The van der Waals surface area contributed by atoms with Crippen LogP contribution in [-0.2, 0) is 18.7 Å². The average Bonchev–Trinajstić information content (AvgIpc) is 2.36. The lowest BCUT2D eigenvalue weighted by atomic mass is 9.36. The van der Waals surface area contributed by atoms with E-state index in [2.05, 4.69) is 0 Å². The summed E-state index contributed by atoms with van der Waals surface area (Å²) in [7, 11) is 0. The van der Waals surface area contributed by atoms with Gasteiger partial charge in [-0.1, -0.05) is 0 Å². The maximum absolute atomic E-state index is 12.2. The van der Waals surface area contributed by atoms with Gasteiger partial charge in [0.05, 0.1) is 18.5 Å². The van der Waals surface area contributed by atoms with Crippen LogP contribution in [0.25, 0.3) is 0 Å². The van der Waals surface area contributed by atoms with Crippen LogP contribution >= 0.6 is 46.7 Å². The first-order valence-corrected chi connectivity index (χ1v) is 8.41. The lowest BCUT2D eigenvalue weighted by Gasteiger charge is -2.67. The molecule has 122 valence electrons. The molecule has 0 radical (unpaired) electrons. The SMILES string of the molecule is O=C(Cl)C12CC3(COCl)CC(C(=O)Cl)(C1)CC(C(=O)Cl)(C3)C2. The average molecular weight is 388 g/mol. The molecule has 4 rings (SSSR count). The van der Waals surface area contributed by atoms with Crippen LogP contribution in [0.15, 0.2) is 0 Å². The van der Waals surface area contributed by atoms with Crippen LogP contribution in [0.2, 0.25) is 0 Å². The molecule has 4 bridgehead atoms. The quantitative estimate of drug-likeness (QED) is 0.673. The van der Waals surface area contributed by atoms with E-state index in [1.165, 1.54) is 0 Å². The minimum atomic E-state index is -0.971. The lowest BCUT2D eigenvalue weighted by molar-refractivity contribution is -0.200. The minimum absolute atomic E-state index is 0.123. The summed E-state index contributed by atoms with van der Waals surface area (Å²) < 4.78 is 4.81. The van der Waals surface area contributed by atoms with Gasteiger partial charge in [0.2, 0.25) is 15.7 Å². The van der Waals surface area contributed by atoms with E-state index in [1.54, 1.807) is 0 Å². The van der Waals surface area contributed by atoms with Gasteiger partial charge in [-0.05, 0) is 78.7 Å². The molecule has 0 N–H and O–H groups in total. The van der Waals surface area contributed by atoms with Crippen molar-refractivity contribution in [3.63, 3.8) is 0 Å². The predicted molar refractivity (Wildman–Crippen MR) is 81.8 cm³/mol. The number of carbonyl (C=O) groups is 3. The smallest absolute Gasteiger partial charge is 0.227 e. The Morgan fingerprint density at radius 2 is 1.05 bits per heavy atom. The van der Waals surface area contributed by atoms with Gasteiger partial charge < -0.3 is 0 Å². The second kappa shape index (κ2) is 5.06. The van der Waals surface area contributed by atoms with E-state index < -0.39 is 37.4 Å². The van der Waals surface area contributed by atoms with Crippen molar-refractivity contribution in [1.82, 2.24) is 0 Å². The second-order valence-corrected chi connectivity index (χ2v) is 8.72. The summed E-state index contributed by atoms with van der Waals surface area (Å²) in [6.07, 6.45) is 2.11. The Kier molecular flexibility index (Phi) is 3.90. The van der Waals surface area contributed by atoms with Gasteiger partial charge in [-0.15, -0.1) is 0 Å². The van der Waals surface area contributed by atoms with E-state index in [1.807, 2.05) is 0 Å². The van der Waals surface area contributed by atoms with Crippen molar-refractivity contribution in [3.05, 3.63) is 0 Å². The van der Waals surface area contributed by atoms with Gasteiger partial charge in [-0.2, -0.15) is 0 Å². The van der Waals surface area contributed by atoms with E-state index in [9.17, 15) is 14.4 Å². The van der Waals surface area contributed by atoms with Crippen LogP contribution < -0.4 is 0 Å². The highest BCUT2D eigenvalue weighted by Crippen LogP contribution is 2.75. The van der Waals surface area contributed by atoms with Gasteiger partial charge in [0.15, 0.2) is 0 Å². The first-order chi connectivity index (χ1) is 10.1. The number of rotatable bonds is 5. The molecule has 4 fully saturated rings. The van der Waals surface area contributed by atoms with Crippen LogP contribution in [0.1, 0.15) is 38.5 Å². The third-order valence-electron chi connectivity index (χ3n) is 5.78. The largest absolute Gasteiger partial charge is 0.281 e. The Balaban J connectivity index is 2.19. The Bertz CT molecular complexity index is 493. The van der Waals surface area contributed by atoms with Gasteiger partial charge in [-0.25, -0.2) is 0 Å². The zero-order chi connectivity index (χ0) is 16.4. The summed E-state index contributed by atoms with van der Waals surface area (Å²) in [5.41, 5.74) is -3.50. The summed E-state index contributed by atoms with van der Waals surface area (Å²) in [5, 5.41) is -1.64. The highest BCUT2D eigenvalue weighted by Gasteiger charge is 2.73. The number of halogens is 4. The fourth-order valence-corrected chi connectivity index (χ4v) is 6.57. The number of hydrogen-bond acceptors (Lipinski definition) is 4. The Labute approximate surface area is 147 Å².